The van der Waals surface area contributed by atoms with Crippen LogP contribution >= 0.6 is 11.3 Å². The van der Waals surface area contributed by atoms with Crippen molar-refractivity contribution in [2.75, 3.05) is 6.79 Å². The number of carbonyl (C=O) groups is 3. The van der Waals surface area contributed by atoms with E-state index in [1.54, 1.807) is 24.3 Å². The van der Waals surface area contributed by atoms with Gasteiger partial charge in [0.2, 0.25) is 6.79 Å². The molecule has 1 N–H and O–H groups in total. The molecular weight excluding hydrogens is 430 g/mol. The molecule has 8 nitrogen and oxygen atoms in total. The van der Waals surface area contributed by atoms with Crippen molar-refractivity contribution >= 4 is 29.1 Å². The topological polar surface area (TPSA) is 97.8 Å². The van der Waals surface area contributed by atoms with Gasteiger partial charge in [0.1, 0.15) is 0 Å². The van der Waals surface area contributed by atoms with Gasteiger partial charge in [0.15, 0.2) is 11.5 Å². The highest BCUT2D eigenvalue weighted by Crippen LogP contribution is 2.34. The first-order chi connectivity index (χ1) is 15.4. The minimum absolute atomic E-state index is 0.102. The molecule has 0 fully saturated rings. The van der Waals surface area contributed by atoms with Gasteiger partial charge in [-0.15, -0.1) is 11.3 Å². The van der Waals surface area contributed by atoms with Crippen LogP contribution in [0.3, 0.4) is 0 Å². The van der Waals surface area contributed by atoms with E-state index >= 15 is 0 Å². The van der Waals surface area contributed by atoms with E-state index in [4.69, 9.17) is 9.47 Å². The number of aromatic nitrogens is 1. The van der Waals surface area contributed by atoms with Crippen molar-refractivity contribution in [3.05, 3.63) is 74.7 Å². The van der Waals surface area contributed by atoms with Crippen LogP contribution in [0.15, 0.2) is 41.8 Å². The molecule has 1 unspecified atom stereocenters. The van der Waals surface area contributed by atoms with Crippen LogP contribution in [0.25, 0.3) is 0 Å². The maximum atomic E-state index is 13.0. The third-order valence-corrected chi connectivity index (χ3v) is 6.23. The molecule has 1 atom stereocenters. The smallest absolute Gasteiger partial charge is 0.261 e. The molecule has 2 aliphatic heterocycles. The van der Waals surface area contributed by atoms with Gasteiger partial charge in [-0.05, 0) is 49.7 Å². The van der Waals surface area contributed by atoms with E-state index in [1.807, 2.05) is 19.2 Å². The molecule has 0 spiro atoms. The van der Waals surface area contributed by atoms with Crippen LogP contribution in [-0.2, 0) is 6.54 Å². The van der Waals surface area contributed by atoms with Gasteiger partial charge < -0.3 is 14.8 Å². The molecule has 5 rings (SSSR count). The second kappa shape index (κ2) is 7.76. The number of amides is 3. The number of carbonyl (C=O) groups excluding carboxylic acids is 3. The fraction of sp³-hybridized carbons (Fsp3) is 0.217. The fourth-order valence-electron chi connectivity index (χ4n) is 3.73. The average Bonchev–Trinajstić information content (AvgIpc) is 3.49. The Labute approximate surface area is 187 Å². The quantitative estimate of drug-likeness (QED) is 0.599. The Bertz CT molecular complexity index is 1270. The summed E-state index contributed by atoms with van der Waals surface area (Å²) in [6.07, 6.45) is 0. The molecule has 0 saturated heterocycles. The second-order valence-electron chi connectivity index (χ2n) is 7.63. The summed E-state index contributed by atoms with van der Waals surface area (Å²) < 4.78 is 10.7. The Hall–Kier alpha value is -3.72. The molecule has 0 bridgehead atoms. The summed E-state index contributed by atoms with van der Waals surface area (Å²) in [6, 6.07) is 9.58. The largest absolute Gasteiger partial charge is 0.454 e. The van der Waals surface area contributed by atoms with Crippen LogP contribution in [0, 0.1) is 6.92 Å². The highest BCUT2D eigenvalue weighted by molar-refractivity contribution is 7.09. The molecule has 32 heavy (non-hydrogen) atoms. The van der Waals surface area contributed by atoms with Gasteiger partial charge in [0, 0.05) is 10.9 Å². The molecule has 3 aromatic rings. The molecule has 0 aliphatic carbocycles. The first-order valence-electron chi connectivity index (χ1n) is 10.0. The standard InChI is InChI=1S/C23H19N3O5S/c1-12(18-10-32-13(2)25-18)24-21(27)15-4-5-16-17(8-15)23(29)26(22(16)28)9-14-3-6-19-20(7-14)31-11-30-19/h3-8,10,12H,9,11H2,1-2H3,(H,24,27). The minimum atomic E-state index is -0.430. The van der Waals surface area contributed by atoms with Crippen LogP contribution < -0.4 is 14.8 Å². The number of nitrogens with zero attached hydrogens (tertiary/aromatic N) is 2. The number of rotatable bonds is 5. The molecule has 162 valence electrons. The van der Waals surface area contributed by atoms with E-state index in [1.165, 1.54) is 28.4 Å². The van der Waals surface area contributed by atoms with E-state index < -0.39 is 5.91 Å². The zero-order valence-electron chi connectivity index (χ0n) is 17.4. The van der Waals surface area contributed by atoms with Crippen molar-refractivity contribution in [1.29, 1.82) is 0 Å². The van der Waals surface area contributed by atoms with Crippen molar-refractivity contribution in [1.82, 2.24) is 15.2 Å². The number of hydrogen-bond donors (Lipinski definition) is 1. The minimum Gasteiger partial charge on any atom is -0.454 e. The van der Waals surface area contributed by atoms with Crippen molar-refractivity contribution in [3.63, 3.8) is 0 Å². The summed E-state index contributed by atoms with van der Waals surface area (Å²) in [4.78, 5) is 44.1. The van der Waals surface area contributed by atoms with Gasteiger partial charge in [-0.1, -0.05) is 6.07 Å². The average molecular weight is 449 g/mol. The third kappa shape index (κ3) is 3.50. The highest BCUT2D eigenvalue weighted by atomic mass is 32.1. The van der Waals surface area contributed by atoms with E-state index in [0.717, 1.165) is 16.3 Å². The van der Waals surface area contributed by atoms with Crippen LogP contribution in [0.5, 0.6) is 11.5 Å². The lowest BCUT2D eigenvalue weighted by molar-refractivity contribution is 0.0642. The first kappa shape index (κ1) is 20.2. The van der Waals surface area contributed by atoms with E-state index in [2.05, 4.69) is 10.3 Å². The lowest BCUT2D eigenvalue weighted by Crippen LogP contribution is -2.29. The van der Waals surface area contributed by atoms with E-state index in [-0.39, 0.29) is 42.3 Å². The predicted molar refractivity (Wildman–Crippen MR) is 116 cm³/mol. The van der Waals surface area contributed by atoms with Gasteiger partial charge in [0.25, 0.3) is 17.7 Å². The molecule has 9 heteroatoms. The maximum Gasteiger partial charge on any atom is 0.261 e. The van der Waals surface area contributed by atoms with Crippen LogP contribution in [0.4, 0.5) is 0 Å². The third-order valence-electron chi connectivity index (χ3n) is 5.44. The van der Waals surface area contributed by atoms with Crippen LogP contribution in [-0.4, -0.2) is 34.4 Å². The summed E-state index contributed by atoms with van der Waals surface area (Å²) in [6.45, 7) is 4.00. The first-order valence-corrected chi connectivity index (χ1v) is 10.9. The van der Waals surface area contributed by atoms with Crippen molar-refractivity contribution < 1.29 is 23.9 Å². The van der Waals surface area contributed by atoms with Gasteiger partial charge in [-0.2, -0.15) is 0 Å². The van der Waals surface area contributed by atoms with Crippen molar-refractivity contribution in [3.8, 4) is 11.5 Å². The second-order valence-corrected chi connectivity index (χ2v) is 8.69. The predicted octanol–water partition coefficient (Wildman–Crippen LogP) is 3.47. The van der Waals surface area contributed by atoms with Crippen LogP contribution in [0.1, 0.15) is 60.3 Å². The summed E-state index contributed by atoms with van der Waals surface area (Å²) in [5, 5.41) is 5.71. The van der Waals surface area contributed by atoms with E-state index in [0.29, 0.717) is 17.1 Å². The monoisotopic (exact) mass is 449 g/mol. The molecule has 0 saturated carbocycles. The normalized spacial score (nSPS) is 15.1. The lowest BCUT2D eigenvalue weighted by atomic mass is 10.0. The summed E-state index contributed by atoms with van der Waals surface area (Å²) in [5.74, 6) is 0.0677. The number of hydrogen-bond acceptors (Lipinski definition) is 7. The summed E-state index contributed by atoms with van der Waals surface area (Å²) in [5.41, 5.74) is 2.35. The number of benzene rings is 2. The molecule has 3 heterocycles. The fourth-order valence-corrected chi connectivity index (χ4v) is 4.44. The molecular formula is C23H19N3O5S. The van der Waals surface area contributed by atoms with Gasteiger partial charge >= 0.3 is 0 Å². The zero-order valence-corrected chi connectivity index (χ0v) is 18.2. The Kier molecular flexibility index (Phi) is 4.90. The number of aryl methyl sites for hydroxylation is 1. The van der Waals surface area contributed by atoms with Crippen LogP contribution in [0.2, 0.25) is 0 Å². The number of imide groups is 1. The molecule has 3 amide bonds. The number of ether oxygens (including phenoxy) is 2. The number of fused-ring (bicyclic) bond motifs is 2. The van der Waals surface area contributed by atoms with E-state index in [9.17, 15) is 14.4 Å². The van der Waals surface area contributed by atoms with Crippen molar-refractivity contribution in [2.24, 2.45) is 0 Å². The Morgan fingerprint density at radius 3 is 2.69 bits per heavy atom. The Morgan fingerprint density at radius 2 is 1.91 bits per heavy atom. The molecule has 2 aliphatic rings. The van der Waals surface area contributed by atoms with Gasteiger partial charge in [0.05, 0.1) is 34.4 Å². The number of nitrogens with one attached hydrogen (secondary N) is 1. The lowest BCUT2D eigenvalue weighted by Gasteiger charge is -2.14. The Balaban J connectivity index is 1.33. The maximum absolute atomic E-state index is 13.0. The Morgan fingerprint density at radius 1 is 1.12 bits per heavy atom. The zero-order chi connectivity index (χ0) is 22.4. The summed E-state index contributed by atoms with van der Waals surface area (Å²) in [7, 11) is 0. The van der Waals surface area contributed by atoms with Gasteiger partial charge in [-0.25, -0.2) is 4.98 Å². The SMILES string of the molecule is Cc1nc(C(C)NC(=O)c2ccc3c(c2)C(=O)N(Cc2ccc4c(c2)OCO4)C3=O)cs1. The van der Waals surface area contributed by atoms with Crippen molar-refractivity contribution in [2.45, 2.75) is 26.4 Å². The highest BCUT2D eigenvalue weighted by Gasteiger charge is 2.36. The number of thiazole rings is 1. The summed E-state index contributed by atoms with van der Waals surface area (Å²) >= 11 is 1.51. The molecule has 2 aromatic carbocycles. The molecule has 0 radical (unpaired) electrons. The molecule has 1 aromatic heterocycles. The van der Waals surface area contributed by atoms with Gasteiger partial charge in [-0.3, -0.25) is 19.3 Å².